The summed E-state index contributed by atoms with van der Waals surface area (Å²) in [7, 11) is 0. The highest BCUT2D eigenvalue weighted by Gasteiger charge is 2.18. The molecule has 0 bridgehead atoms. The number of rotatable bonds is 10. The quantitative estimate of drug-likeness (QED) is 0.104. The highest BCUT2D eigenvalue weighted by Crippen LogP contribution is 2.27. The van der Waals surface area contributed by atoms with Gasteiger partial charge in [-0.1, -0.05) is 59.6 Å². The van der Waals surface area contributed by atoms with E-state index in [1.54, 1.807) is 73.7 Å². The van der Waals surface area contributed by atoms with Gasteiger partial charge in [-0.25, -0.2) is 4.39 Å². The first kappa shape index (κ1) is 32.3. The van der Waals surface area contributed by atoms with E-state index in [1.807, 2.05) is 31.2 Å². The topological polar surface area (TPSA) is 100 Å². The number of benzene rings is 4. The maximum Gasteiger partial charge on any atom is 0.272 e. The molecule has 0 radical (unpaired) electrons. The molecule has 46 heavy (non-hydrogen) atoms. The Labute approximate surface area is 274 Å². The molecule has 10 heteroatoms. The SMILES string of the molecule is Cc1ccc(-c2ccc(C=C(NC(=O)c3ccccc3)C(=O)Nc3ccc(SC(C)C(=O)Nc4ccc(Cl)c(F)c4)cc3)o2)cc1. The Balaban J connectivity index is 1.28. The van der Waals surface area contributed by atoms with Gasteiger partial charge in [0.15, 0.2) is 0 Å². The first-order valence-electron chi connectivity index (χ1n) is 14.2. The van der Waals surface area contributed by atoms with E-state index in [-0.39, 0.29) is 16.6 Å². The van der Waals surface area contributed by atoms with Crippen molar-refractivity contribution in [3.63, 3.8) is 0 Å². The molecule has 0 saturated carbocycles. The Kier molecular flexibility index (Phi) is 10.4. The number of anilines is 2. The molecule has 1 atom stereocenters. The minimum atomic E-state index is -0.619. The molecule has 3 N–H and O–H groups in total. The standard InChI is InChI=1S/C36H29ClFN3O4S/c1-22-8-10-24(11-9-22)33-19-15-28(45-33)21-32(41-35(43)25-6-4-3-5-7-25)36(44)39-26-12-16-29(17-13-26)46-23(2)34(42)40-27-14-18-30(37)31(38)20-27/h3-21,23H,1-2H3,(H,39,44)(H,40,42)(H,41,43). The molecule has 0 aliphatic carbocycles. The molecule has 1 aromatic heterocycles. The molecule has 3 amide bonds. The number of furan rings is 1. The van der Waals surface area contributed by atoms with Crippen LogP contribution in [0.3, 0.4) is 0 Å². The molecule has 5 aromatic rings. The highest BCUT2D eigenvalue weighted by atomic mass is 35.5. The zero-order chi connectivity index (χ0) is 32.6. The third kappa shape index (κ3) is 8.53. The van der Waals surface area contributed by atoms with Crippen molar-refractivity contribution in [3.8, 4) is 11.3 Å². The highest BCUT2D eigenvalue weighted by molar-refractivity contribution is 8.00. The lowest BCUT2D eigenvalue weighted by Crippen LogP contribution is -2.30. The van der Waals surface area contributed by atoms with Gasteiger partial charge in [0.05, 0.1) is 10.3 Å². The predicted molar refractivity (Wildman–Crippen MR) is 181 cm³/mol. The molecule has 4 aromatic carbocycles. The van der Waals surface area contributed by atoms with E-state index in [0.29, 0.717) is 28.5 Å². The van der Waals surface area contributed by atoms with Gasteiger partial charge in [0.2, 0.25) is 5.91 Å². The second-order valence-electron chi connectivity index (χ2n) is 10.3. The number of hydrogen-bond donors (Lipinski definition) is 3. The molecule has 0 spiro atoms. The van der Waals surface area contributed by atoms with Crippen LogP contribution >= 0.6 is 23.4 Å². The fourth-order valence-electron chi connectivity index (χ4n) is 4.28. The van der Waals surface area contributed by atoms with Crippen LogP contribution < -0.4 is 16.0 Å². The molecule has 0 aliphatic heterocycles. The van der Waals surface area contributed by atoms with E-state index in [2.05, 4.69) is 16.0 Å². The average Bonchev–Trinajstić information content (AvgIpc) is 3.52. The van der Waals surface area contributed by atoms with Gasteiger partial charge in [-0.15, -0.1) is 11.8 Å². The van der Waals surface area contributed by atoms with Crippen LogP contribution in [0.1, 0.15) is 28.6 Å². The van der Waals surface area contributed by atoms with Crippen LogP contribution in [0.4, 0.5) is 15.8 Å². The summed E-state index contributed by atoms with van der Waals surface area (Å²) >= 11 is 7.01. The fraction of sp³-hybridized carbons (Fsp3) is 0.0833. The molecule has 5 rings (SSSR count). The summed E-state index contributed by atoms with van der Waals surface area (Å²) in [4.78, 5) is 39.8. The molecule has 1 heterocycles. The Bertz CT molecular complexity index is 1890. The van der Waals surface area contributed by atoms with Crippen molar-refractivity contribution in [2.45, 2.75) is 24.0 Å². The third-order valence-electron chi connectivity index (χ3n) is 6.76. The van der Waals surface area contributed by atoms with Crippen LogP contribution in [0.5, 0.6) is 0 Å². The molecule has 0 fully saturated rings. The number of hydrogen-bond acceptors (Lipinski definition) is 5. The van der Waals surface area contributed by atoms with Crippen LogP contribution in [0.2, 0.25) is 5.02 Å². The molecule has 7 nitrogen and oxygen atoms in total. The summed E-state index contributed by atoms with van der Waals surface area (Å²) in [5, 5.41) is 7.67. The van der Waals surface area contributed by atoms with E-state index in [4.69, 9.17) is 16.0 Å². The summed E-state index contributed by atoms with van der Waals surface area (Å²) in [5.41, 5.74) is 3.16. The zero-order valence-electron chi connectivity index (χ0n) is 24.8. The van der Waals surface area contributed by atoms with Gasteiger partial charge >= 0.3 is 0 Å². The van der Waals surface area contributed by atoms with Gasteiger partial charge in [-0.2, -0.15) is 0 Å². The second-order valence-corrected chi connectivity index (χ2v) is 12.1. The van der Waals surface area contributed by atoms with E-state index < -0.39 is 22.9 Å². The summed E-state index contributed by atoms with van der Waals surface area (Å²) in [6, 6.07) is 30.9. The minimum absolute atomic E-state index is 0.0129. The van der Waals surface area contributed by atoms with Gasteiger partial charge in [-0.05, 0) is 80.6 Å². The summed E-state index contributed by atoms with van der Waals surface area (Å²) in [6.45, 7) is 3.73. The van der Waals surface area contributed by atoms with Gasteiger partial charge in [0, 0.05) is 33.5 Å². The number of thioether (sulfide) groups is 1. The van der Waals surface area contributed by atoms with Crippen molar-refractivity contribution in [2.24, 2.45) is 0 Å². The maximum atomic E-state index is 13.7. The second kappa shape index (κ2) is 14.8. The van der Waals surface area contributed by atoms with Crippen LogP contribution in [0.15, 0.2) is 124 Å². The number of halogens is 2. The fourth-order valence-corrected chi connectivity index (χ4v) is 5.26. The largest absolute Gasteiger partial charge is 0.457 e. The lowest BCUT2D eigenvalue weighted by atomic mass is 10.1. The lowest BCUT2D eigenvalue weighted by molar-refractivity contribution is -0.115. The summed E-state index contributed by atoms with van der Waals surface area (Å²) < 4.78 is 19.7. The smallest absolute Gasteiger partial charge is 0.272 e. The monoisotopic (exact) mass is 653 g/mol. The van der Waals surface area contributed by atoms with Gasteiger partial charge in [0.1, 0.15) is 23.0 Å². The summed E-state index contributed by atoms with van der Waals surface area (Å²) in [6.07, 6.45) is 1.48. The third-order valence-corrected chi connectivity index (χ3v) is 8.18. The predicted octanol–water partition coefficient (Wildman–Crippen LogP) is 8.58. The van der Waals surface area contributed by atoms with Gasteiger partial charge in [0.25, 0.3) is 11.8 Å². The van der Waals surface area contributed by atoms with Crippen LogP contribution in [-0.4, -0.2) is 23.0 Å². The first-order chi connectivity index (χ1) is 22.1. The van der Waals surface area contributed by atoms with Gasteiger partial charge < -0.3 is 20.4 Å². The van der Waals surface area contributed by atoms with Crippen molar-refractivity contribution < 1.29 is 23.2 Å². The Morgan fingerprint density at radius 1 is 0.848 bits per heavy atom. The maximum absolute atomic E-state index is 13.7. The molecule has 232 valence electrons. The molecule has 0 aliphatic rings. The Morgan fingerprint density at radius 2 is 1.54 bits per heavy atom. The minimum Gasteiger partial charge on any atom is -0.457 e. The van der Waals surface area contributed by atoms with Crippen molar-refractivity contribution in [3.05, 3.63) is 143 Å². The number of nitrogens with one attached hydrogen (secondary N) is 3. The van der Waals surface area contributed by atoms with E-state index in [0.717, 1.165) is 22.1 Å². The zero-order valence-corrected chi connectivity index (χ0v) is 26.4. The lowest BCUT2D eigenvalue weighted by Gasteiger charge is -2.13. The first-order valence-corrected chi connectivity index (χ1v) is 15.5. The molecular formula is C36H29ClFN3O4S. The van der Waals surface area contributed by atoms with E-state index >= 15 is 0 Å². The molecule has 0 saturated heterocycles. The van der Waals surface area contributed by atoms with Gasteiger partial charge in [-0.3, -0.25) is 14.4 Å². The number of carbonyl (C=O) groups is 3. The van der Waals surface area contributed by atoms with Crippen LogP contribution in [-0.2, 0) is 9.59 Å². The van der Waals surface area contributed by atoms with E-state index in [1.165, 1.54) is 30.0 Å². The van der Waals surface area contributed by atoms with Crippen LogP contribution in [0.25, 0.3) is 17.4 Å². The number of carbonyl (C=O) groups excluding carboxylic acids is 3. The van der Waals surface area contributed by atoms with Crippen molar-refractivity contribution in [2.75, 3.05) is 10.6 Å². The van der Waals surface area contributed by atoms with Crippen LogP contribution in [0, 0.1) is 12.7 Å². The van der Waals surface area contributed by atoms with Crippen molar-refractivity contribution in [1.82, 2.24) is 5.32 Å². The Hall–Kier alpha value is -5.12. The number of amides is 3. The molecule has 1 unspecified atom stereocenters. The Morgan fingerprint density at radius 3 is 2.24 bits per heavy atom. The summed E-state index contributed by atoms with van der Waals surface area (Å²) in [5.74, 6) is -0.928. The van der Waals surface area contributed by atoms with Crippen molar-refractivity contribution >= 4 is 58.5 Å². The van der Waals surface area contributed by atoms with E-state index in [9.17, 15) is 18.8 Å². The molecular weight excluding hydrogens is 625 g/mol. The average molecular weight is 654 g/mol. The van der Waals surface area contributed by atoms with Crippen molar-refractivity contribution in [1.29, 1.82) is 0 Å². The number of aryl methyl sites for hydroxylation is 1. The normalized spacial score (nSPS) is 11.9.